The molecule has 0 aliphatic rings. The lowest BCUT2D eigenvalue weighted by Crippen LogP contribution is -2.42. The van der Waals surface area contributed by atoms with Gasteiger partial charge >= 0.3 is 0 Å². The summed E-state index contributed by atoms with van der Waals surface area (Å²) in [6, 6.07) is 3.40. The summed E-state index contributed by atoms with van der Waals surface area (Å²) in [6.45, 7) is 1.93. The van der Waals surface area contributed by atoms with E-state index in [9.17, 15) is 4.79 Å². The molecule has 0 aromatic carbocycles. The number of amides is 1. The van der Waals surface area contributed by atoms with Crippen LogP contribution in [0.1, 0.15) is 23.0 Å². The molecule has 0 radical (unpaired) electrons. The third kappa shape index (κ3) is 2.78. The van der Waals surface area contributed by atoms with E-state index in [0.29, 0.717) is 16.3 Å². The molecule has 0 saturated carbocycles. The van der Waals surface area contributed by atoms with Crippen molar-refractivity contribution in [2.24, 2.45) is 5.73 Å². The zero-order chi connectivity index (χ0) is 10.6. The number of nitrogens with two attached hydrogens (primary N) is 1. The van der Waals surface area contributed by atoms with Gasteiger partial charge in [0.15, 0.2) is 0 Å². The van der Waals surface area contributed by atoms with Crippen molar-refractivity contribution >= 4 is 34.5 Å². The molecule has 0 bridgehead atoms. The molecule has 3 N–H and O–H groups in total. The van der Waals surface area contributed by atoms with Gasteiger partial charge < -0.3 is 11.1 Å². The quantitative estimate of drug-likeness (QED) is 0.769. The number of hydrogen-bond acceptors (Lipinski definition) is 3. The molecule has 0 aliphatic heterocycles. The van der Waals surface area contributed by atoms with Crippen LogP contribution < -0.4 is 11.1 Å². The van der Waals surface area contributed by atoms with Crippen molar-refractivity contribution in [3.8, 4) is 0 Å². The van der Waals surface area contributed by atoms with Crippen molar-refractivity contribution in [1.82, 2.24) is 5.32 Å². The topological polar surface area (TPSA) is 55.1 Å². The average Bonchev–Trinajstić information content (AvgIpc) is 2.65. The lowest BCUT2D eigenvalue weighted by atomic mass is 10.2. The highest BCUT2D eigenvalue weighted by molar-refractivity contribution is 7.80. The first kappa shape index (κ1) is 11.1. The van der Waals surface area contributed by atoms with Crippen LogP contribution in [-0.2, 0) is 0 Å². The molecule has 14 heavy (non-hydrogen) atoms. The highest BCUT2D eigenvalue weighted by atomic mass is 32.1. The number of carbonyl (C=O) groups is 1. The van der Waals surface area contributed by atoms with Gasteiger partial charge in [-0.05, 0) is 17.9 Å². The summed E-state index contributed by atoms with van der Waals surface area (Å²) in [5.41, 5.74) is 5.47. The summed E-state index contributed by atoms with van der Waals surface area (Å²) in [5.74, 6) is -0.111. The van der Waals surface area contributed by atoms with E-state index in [1.165, 1.54) is 11.3 Å². The fraction of sp³-hybridized carbons (Fsp3) is 0.333. The third-order valence-electron chi connectivity index (χ3n) is 1.80. The van der Waals surface area contributed by atoms with Crippen LogP contribution in [0.2, 0.25) is 0 Å². The van der Waals surface area contributed by atoms with E-state index in [4.69, 9.17) is 18.0 Å². The van der Waals surface area contributed by atoms with Gasteiger partial charge in [-0.25, -0.2) is 0 Å². The maximum Gasteiger partial charge on any atom is 0.261 e. The molecule has 1 aromatic rings. The van der Waals surface area contributed by atoms with Crippen LogP contribution in [0.4, 0.5) is 0 Å². The Morgan fingerprint density at radius 3 is 2.93 bits per heavy atom. The Hall–Kier alpha value is -0.940. The minimum atomic E-state index is -0.209. The number of thiophene rings is 1. The molecule has 1 heterocycles. The SMILES string of the molecule is CCC(NC(=O)c1cccs1)C(N)=S. The molecule has 76 valence electrons. The minimum absolute atomic E-state index is 0.111. The average molecular weight is 228 g/mol. The Morgan fingerprint density at radius 1 is 1.79 bits per heavy atom. The van der Waals surface area contributed by atoms with E-state index < -0.39 is 0 Å². The maximum absolute atomic E-state index is 11.6. The van der Waals surface area contributed by atoms with Gasteiger partial charge in [-0.1, -0.05) is 25.2 Å². The Balaban J connectivity index is 2.60. The molecule has 3 nitrogen and oxygen atoms in total. The smallest absolute Gasteiger partial charge is 0.261 e. The molecule has 0 fully saturated rings. The normalized spacial score (nSPS) is 12.1. The number of thiocarbonyl (C=S) groups is 1. The van der Waals surface area contributed by atoms with Crippen molar-refractivity contribution in [3.05, 3.63) is 22.4 Å². The fourth-order valence-corrected chi connectivity index (χ4v) is 1.86. The third-order valence-corrected chi connectivity index (χ3v) is 2.96. The Bertz CT molecular complexity index is 322. The Kier molecular flexibility index (Phi) is 4.03. The van der Waals surface area contributed by atoms with Gasteiger partial charge in [0.1, 0.15) is 0 Å². The highest BCUT2D eigenvalue weighted by Crippen LogP contribution is 2.08. The largest absolute Gasteiger partial charge is 0.392 e. The summed E-state index contributed by atoms with van der Waals surface area (Å²) >= 11 is 6.23. The number of hydrogen-bond donors (Lipinski definition) is 2. The van der Waals surface area contributed by atoms with Crippen molar-refractivity contribution in [3.63, 3.8) is 0 Å². The second-order valence-corrected chi connectivity index (χ2v) is 4.23. The van der Waals surface area contributed by atoms with Gasteiger partial charge in [0, 0.05) is 0 Å². The molecule has 0 aliphatic carbocycles. The second kappa shape index (κ2) is 5.07. The van der Waals surface area contributed by atoms with Gasteiger partial charge in [0.25, 0.3) is 5.91 Å². The molecule has 1 aromatic heterocycles. The second-order valence-electron chi connectivity index (χ2n) is 2.81. The highest BCUT2D eigenvalue weighted by Gasteiger charge is 2.14. The van der Waals surface area contributed by atoms with E-state index >= 15 is 0 Å². The van der Waals surface area contributed by atoms with Crippen LogP contribution >= 0.6 is 23.6 Å². The zero-order valence-electron chi connectivity index (χ0n) is 7.82. The number of nitrogens with one attached hydrogen (secondary N) is 1. The van der Waals surface area contributed by atoms with Gasteiger partial charge in [-0.3, -0.25) is 4.79 Å². The van der Waals surface area contributed by atoms with Crippen molar-refractivity contribution in [1.29, 1.82) is 0 Å². The van der Waals surface area contributed by atoms with E-state index in [-0.39, 0.29) is 11.9 Å². The summed E-state index contributed by atoms with van der Waals surface area (Å²) in [4.78, 5) is 12.6. The van der Waals surface area contributed by atoms with Gasteiger partial charge in [0.05, 0.1) is 15.9 Å². The standard InChI is InChI=1S/C9H12N2OS2/c1-2-6(8(10)13)11-9(12)7-4-3-5-14-7/h3-6H,2H2,1H3,(H2,10,13)(H,11,12). The molecule has 1 amide bonds. The molecule has 0 saturated heterocycles. The lowest BCUT2D eigenvalue weighted by molar-refractivity contribution is 0.0950. The van der Waals surface area contributed by atoms with Gasteiger partial charge in [-0.15, -0.1) is 11.3 Å². The van der Waals surface area contributed by atoms with Crippen LogP contribution in [0.25, 0.3) is 0 Å². The minimum Gasteiger partial charge on any atom is -0.392 e. The van der Waals surface area contributed by atoms with Crippen molar-refractivity contribution in [2.45, 2.75) is 19.4 Å². The summed E-state index contributed by atoms with van der Waals surface area (Å²) in [6.07, 6.45) is 0.715. The molecule has 1 unspecified atom stereocenters. The van der Waals surface area contributed by atoms with Gasteiger partial charge in [-0.2, -0.15) is 0 Å². The summed E-state index contributed by atoms with van der Waals surface area (Å²) in [7, 11) is 0. The van der Waals surface area contributed by atoms with Crippen molar-refractivity contribution in [2.75, 3.05) is 0 Å². The zero-order valence-corrected chi connectivity index (χ0v) is 9.45. The Morgan fingerprint density at radius 2 is 2.50 bits per heavy atom. The van der Waals surface area contributed by atoms with Crippen LogP contribution in [0, 0.1) is 0 Å². The molecular formula is C9H12N2OS2. The Labute approximate surface area is 92.3 Å². The first-order valence-electron chi connectivity index (χ1n) is 4.28. The van der Waals surface area contributed by atoms with Gasteiger partial charge in [0.2, 0.25) is 0 Å². The van der Waals surface area contributed by atoms with Crippen LogP contribution in [0.5, 0.6) is 0 Å². The first-order chi connectivity index (χ1) is 6.65. The number of carbonyl (C=O) groups excluding carboxylic acids is 1. The monoisotopic (exact) mass is 228 g/mol. The van der Waals surface area contributed by atoms with E-state index in [2.05, 4.69) is 5.32 Å². The maximum atomic E-state index is 11.6. The van der Waals surface area contributed by atoms with E-state index in [1.807, 2.05) is 18.4 Å². The molecule has 1 atom stereocenters. The van der Waals surface area contributed by atoms with Crippen LogP contribution in [0.3, 0.4) is 0 Å². The van der Waals surface area contributed by atoms with E-state index in [0.717, 1.165) is 0 Å². The molecule has 0 spiro atoms. The summed E-state index contributed by atoms with van der Waals surface area (Å²) < 4.78 is 0. The molecule has 1 rings (SSSR count). The summed E-state index contributed by atoms with van der Waals surface area (Å²) in [5, 5.41) is 4.63. The van der Waals surface area contributed by atoms with E-state index in [1.54, 1.807) is 6.07 Å². The van der Waals surface area contributed by atoms with Crippen molar-refractivity contribution < 1.29 is 4.79 Å². The molecule has 5 heteroatoms. The number of rotatable bonds is 4. The fourth-order valence-electron chi connectivity index (χ4n) is 1.01. The predicted octanol–water partition coefficient (Wildman–Crippen LogP) is 1.54. The van der Waals surface area contributed by atoms with Crippen LogP contribution in [0.15, 0.2) is 17.5 Å². The van der Waals surface area contributed by atoms with Crippen LogP contribution in [-0.4, -0.2) is 16.9 Å². The first-order valence-corrected chi connectivity index (χ1v) is 5.57. The molecular weight excluding hydrogens is 216 g/mol. The predicted molar refractivity (Wildman–Crippen MR) is 62.6 cm³/mol. The lowest BCUT2D eigenvalue weighted by Gasteiger charge is -2.14.